The summed E-state index contributed by atoms with van der Waals surface area (Å²) in [6.45, 7) is 3.54. The van der Waals surface area contributed by atoms with E-state index in [4.69, 9.17) is 9.25 Å². The number of hydrogen-bond acceptors (Lipinski definition) is 7. The number of nitrogens with one attached hydrogen (secondary N) is 1. The molecule has 0 aliphatic carbocycles. The topological polar surface area (TPSA) is 110 Å². The smallest absolute Gasteiger partial charge is 0.337 e. The van der Waals surface area contributed by atoms with E-state index in [1.54, 1.807) is 25.3 Å². The lowest BCUT2D eigenvalue weighted by Crippen LogP contribution is -2.14. The van der Waals surface area contributed by atoms with E-state index in [-0.39, 0.29) is 17.1 Å². The van der Waals surface area contributed by atoms with Crippen LogP contribution in [-0.4, -0.2) is 20.7 Å². The minimum atomic E-state index is -0.573. The fourth-order valence-corrected chi connectivity index (χ4v) is 2.19. The molecule has 3 aromatic heterocycles. The Kier molecular flexibility index (Phi) is 4.19. The second kappa shape index (κ2) is 6.45. The highest BCUT2D eigenvalue weighted by Gasteiger charge is 2.12. The zero-order valence-corrected chi connectivity index (χ0v) is 13.1. The van der Waals surface area contributed by atoms with Gasteiger partial charge in [0, 0.05) is 12.3 Å². The van der Waals surface area contributed by atoms with Crippen molar-refractivity contribution in [1.29, 1.82) is 0 Å². The van der Waals surface area contributed by atoms with Crippen molar-refractivity contribution in [2.75, 3.05) is 0 Å². The summed E-state index contributed by atoms with van der Waals surface area (Å²) < 4.78 is 4.99. The van der Waals surface area contributed by atoms with Gasteiger partial charge in [0.05, 0.1) is 5.69 Å². The summed E-state index contributed by atoms with van der Waals surface area (Å²) in [7, 11) is 0. The van der Waals surface area contributed by atoms with Crippen molar-refractivity contribution in [3.63, 3.8) is 0 Å². The van der Waals surface area contributed by atoms with Gasteiger partial charge >= 0.3 is 11.6 Å². The highest BCUT2D eigenvalue weighted by atomic mass is 16.6. The molecule has 0 unspecified atom stereocenters. The monoisotopic (exact) mass is 326 g/mol. The highest BCUT2D eigenvalue weighted by Crippen LogP contribution is 2.13. The number of nitrogens with zero attached hydrogens (tertiary/aromatic N) is 3. The molecule has 0 amide bonds. The lowest BCUT2D eigenvalue weighted by molar-refractivity contribution is 0.311. The van der Waals surface area contributed by atoms with Gasteiger partial charge in [-0.2, -0.15) is 4.98 Å². The van der Waals surface area contributed by atoms with Crippen LogP contribution in [0.25, 0.3) is 11.1 Å². The second-order valence-electron chi connectivity index (χ2n) is 4.98. The molecule has 0 saturated carbocycles. The first kappa shape index (κ1) is 15.6. The Hall–Kier alpha value is -3.29. The van der Waals surface area contributed by atoms with Gasteiger partial charge in [-0.05, 0) is 31.0 Å². The lowest BCUT2D eigenvalue weighted by atomic mass is 10.1. The van der Waals surface area contributed by atoms with E-state index >= 15 is 0 Å². The molecular weight excluding hydrogens is 312 g/mol. The lowest BCUT2D eigenvalue weighted by Gasteiger charge is -2.03. The highest BCUT2D eigenvalue weighted by molar-refractivity contribution is 5.96. The molecule has 8 nitrogen and oxygen atoms in total. The Morgan fingerprint density at radius 1 is 1.38 bits per heavy atom. The zero-order valence-electron chi connectivity index (χ0n) is 13.1. The first-order valence-corrected chi connectivity index (χ1v) is 7.28. The van der Waals surface area contributed by atoms with E-state index in [1.807, 2.05) is 13.0 Å². The van der Waals surface area contributed by atoms with Crippen molar-refractivity contribution >= 4 is 16.8 Å². The summed E-state index contributed by atoms with van der Waals surface area (Å²) in [4.78, 5) is 39.5. The van der Waals surface area contributed by atoms with Crippen LogP contribution in [0, 0.1) is 0 Å². The van der Waals surface area contributed by atoms with Gasteiger partial charge in [-0.1, -0.05) is 18.1 Å². The van der Waals surface area contributed by atoms with Gasteiger partial charge in [0.2, 0.25) is 5.71 Å². The number of H-pyrrole nitrogens is 1. The molecule has 0 aliphatic heterocycles. The molecule has 0 fully saturated rings. The van der Waals surface area contributed by atoms with E-state index < -0.39 is 11.2 Å². The number of oxime groups is 1. The van der Waals surface area contributed by atoms with Gasteiger partial charge in [-0.25, -0.2) is 4.79 Å². The molecule has 3 aromatic rings. The van der Waals surface area contributed by atoms with Crippen LogP contribution in [0.5, 0.6) is 6.01 Å². The summed E-state index contributed by atoms with van der Waals surface area (Å²) in [6.07, 6.45) is 2.13. The quantitative estimate of drug-likeness (QED) is 0.576. The predicted molar refractivity (Wildman–Crippen MR) is 87.4 cm³/mol. The third-order valence-electron chi connectivity index (χ3n) is 3.36. The number of hydrogen-bond donors (Lipinski definition) is 1. The Morgan fingerprint density at radius 3 is 2.92 bits per heavy atom. The molecule has 0 atom stereocenters. The molecule has 3 heterocycles. The maximum Gasteiger partial charge on any atom is 0.337 e. The molecule has 0 spiro atoms. The minimum absolute atomic E-state index is 0.0798. The van der Waals surface area contributed by atoms with Crippen molar-refractivity contribution in [1.82, 2.24) is 15.0 Å². The number of pyridine rings is 1. The zero-order chi connectivity index (χ0) is 17.1. The third kappa shape index (κ3) is 3.07. The Morgan fingerprint density at radius 2 is 2.21 bits per heavy atom. The number of rotatable bonds is 4. The maximum absolute atomic E-state index is 12.2. The van der Waals surface area contributed by atoms with Crippen molar-refractivity contribution in [3.05, 3.63) is 62.5 Å². The first-order valence-electron chi connectivity index (χ1n) is 7.28. The van der Waals surface area contributed by atoms with E-state index in [9.17, 15) is 9.59 Å². The first-order chi connectivity index (χ1) is 11.6. The average molecular weight is 326 g/mol. The maximum atomic E-state index is 12.2. The summed E-state index contributed by atoms with van der Waals surface area (Å²) >= 11 is 0. The van der Waals surface area contributed by atoms with Crippen molar-refractivity contribution in [3.8, 4) is 6.01 Å². The van der Waals surface area contributed by atoms with Gasteiger partial charge < -0.3 is 9.25 Å². The SMILES string of the molecule is CCc1cc(=O)oc2nc(ON=C(C)c3ccccn3)[nH]c(=O)c12. The fraction of sp³-hybridized carbons (Fsp3) is 0.188. The van der Waals surface area contributed by atoms with Crippen LogP contribution >= 0.6 is 0 Å². The van der Waals surface area contributed by atoms with Gasteiger partial charge in [-0.15, -0.1) is 0 Å². The average Bonchev–Trinajstić information content (AvgIpc) is 2.59. The third-order valence-corrected chi connectivity index (χ3v) is 3.36. The van der Waals surface area contributed by atoms with Gasteiger partial charge in [0.25, 0.3) is 5.56 Å². The minimum Gasteiger partial charge on any atom is -0.403 e. The van der Waals surface area contributed by atoms with Gasteiger partial charge in [0.15, 0.2) is 0 Å². The van der Waals surface area contributed by atoms with Crippen LogP contribution < -0.4 is 16.0 Å². The summed E-state index contributed by atoms with van der Waals surface area (Å²) in [5.41, 5.74) is 0.582. The van der Waals surface area contributed by atoms with Crippen LogP contribution in [0.2, 0.25) is 0 Å². The van der Waals surface area contributed by atoms with E-state index in [2.05, 4.69) is 20.1 Å². The number of aryl methyl sites for hydroxylation is 1. The normalized spacial score (nSPS) is 11.7. The standard InChI is InChI=1S/C16H14N4O4/c1-3-10-8-12(21)23-15-13(10)14(22)18-16(19-15)24-20-9(2)11-6-4-5-7-17-11/h4-8H,3H2,1-2H3,(H,18,19,22). The number of aromatic nitrogens is 3. The molecule has 0 radical (unpaired) electrons. The summed E-state index contributed by atoms with van der Waals surface area (Å²) in [5, 5.41) is 4.11. The molecular formula is C16H14N4O4. The molecule has 24 heavy (non-hydrogen) atoms. The Labute approximate surface area is 135 Å². The predicted octanol–water partition coefficient (Wildman–Crippen LogP) is 1.64. The Bertz CT molecular complexity index is 1020. The number of aromatic amines is 1. The van der Waals surface area contributed by atoms with Crippen LogP contribution in [0.4, 0.5) is 0 Å². The van der Waals surface area contributed by atoms with Crippen LogP contribution in [0.15, 0.2) is 49.6 Å². The molecule has 0 bridgehead atoms. The van der Waals surface area contributed by atoms with Crippen LogP contribution in [0.3, 0.4) is 0 Å². The summed E-state index contributed by atoms with van der Waals surface area (Å²) in [5.74, 6) is 0. The molecule has 122 valence electrons. The second-order valence-corrected chi connectivity index (χ2v) is 4.98. The molecule has 0 aromatic carbocycles. The van der Waals surface area contributed by atoms with Crippen LogP contribution in [0.1, 0.15) is 25.1 Å². The fourth-order valence-electron chi connectivity index (χ4n) is 2.19. The molecule has 1 N–H and O–H groups in total. The number of fused-ring (bicyclic) bond motifs is 1. The van der Waals surface area contributed by atoms with Crippen molar-refractivity contribution in [2.24, 2.45) is 5.16 Å². The van der Waals surface area contributed by atoms with Crippen molar-refractivity contribution < 1.29 is 9.25 Å². The van der Waals surface area contributed by atoms with Crippen LogP contribution in [-0.2, 0) is 6.42 Å². The van der Waals surface area contributed by atoms with Gasteiger partial charge in [0.1, 0.15) is 11.1 Å². The molecule has 0 saturated heterocycles. The molecule has 3 rings (SSSR count). The van der Waals surface area contributed by atoms with E-state index in [0.29, 0.717) is 23.4 Å². The molecule has 0 aliphatic rings. The summed E-state index contributed by atoms with van der Waals surface area (Å²) in [6, 6.07) is 6.49. The Balaban J connectivity index is 2.00. The van der Waals surface area contributed by atoms with E-state index in [1.165, 1.54) is 6.07 Å². The largest absolute Gasteiger partial charge is 0.403 e. The van der Waals surface area contributed by atoms with E-state index in [0.717, 1.165) is 0 Å². The van der Waals surface area contributed by atoms with Gasteiger partial charge in [-0.3, -0.25) is 14.8 Å². The van der Waals surface area contributed by atoms with Crippen molar-refractivity contribution in [2.45, 2.75) is 20.3 Å². The molecule has 8 heteroatoms.